The molecular weight excluding hydrogens is 1320 g/mol. The van der Waals surface area contributed by atoms with Gasteiger partial charge in [0.2, 0.25) is 0 Å². The van der Waals surface area contributed by atoms with E-state index < -0.39 is 91.3 Å². The molecule has 3 aliphatic heterocycles. The molecular formula is C87H90O15S. The maximum atomic E-state index is 13.5. The Morgan fingerprint density at radius 3 is 0.816 bits per heavy atom. The molecule has 0 radical (unpaired) electrons. The lowest BCUT2D eigenvalue weighted by atomic mass is 9.95. The van der Waals surface area contributed by atoms with Gasteiger partial charge in [-0.1, -0.05) is 303 Å². The molecule has 16 heteroatoms. The zero-order valence-corrected chi connectivity index (χ0v) is 58.4. The number of ether oxygens (including phenoxy) is 14. The van der Waals surface area contributed by atoms with Crippen molar-refractivity contribution in [3.63, 3.8) is 0 Å². The SMILES string of the molecule is O[C@H]1[C@H](O[C@@H]2[C@H](O[C@H]3[C@@H](OCc4ccccc4)[C@H](OCc4ccccc4)[C@@H](COCc4ccccc4)O[C@@H]3Sc3ccccc3)O[C@H](COCc3ccccc3)[C@@H](OCc3ccccc3)[C@@H]2OCc2ccccc2)O[C@H](COCc2ccccc2)[C@@H](OCc2ccccc2)[C@@H]1OCc1ccccc1. The minimum absolute atomic E-state index is 0.0175. The van der Waals surface area contributed by atoms with E-state index >= 15 is 0 Å². The second-order valence-electron chi connectivity index (χ2n) is 25.8. The number of hydrogen-bond donors (Lipinski definition) is 1. The molecule has 0 saturated carbocycles. The molecule has 3 aliphatic rings. The van der Waals surface area contributed by atoms with Crippen molar-refractivity contribution in [2.45, 2.75) is 156 Å². The molecule has 534 valence electrons. The molecule has 15 atom stereocenters. The molecule has 3 saturated heterocycles. The average Bonchev–Trinajstić information content (AvgIpc) is 0.758. The van der Waals surface area contributed by atoms with Gasteiger partial charge in [-0.15, -0.1) is 0 Å². The zero-order chi connectivity index (χ0) is 69.9. The van der Waals surface area contributed by atoms with E-state index in [-0.39, 0.29) is 72.7 Å². The Morgan fingerprint density at radius 1 is 0.243 bits per heavy atom. The molecule has 3 heterocycles. The summed E-state index contributed by atoms with van der Waals surface area (Å²) in [7, 11) is 0. The van der Waals surface area contributed by atoms with Crippen LogP contribution in [0.3, 0.4) is 0 Å². The molecule has 103 heavy (non-hydrogen) atoms. The van der Waals surface area contributed by atoms with Crippen LogP contribution in [0.15, 0.2) is 308 Å². The van der Waals surface area contributed by atoms with Gasteiger partial charge < -0.3 is 71.4 Å². The molecule has 0 bridgehead atoms. The van der Waals surface area contributed by atoms with Crippen LogP contribution in [0.2, 0.25) is 0 Å². The summed E-state index contributed by atoms with van der Waals surface area (Å²) in [5.74, 6) is 0. The highest BCUT2D eigenvalue weighted by Gasteiger charge is 2.57. The number of thioether (sulfide) groups is 1. The first-order valence-corrected chi connectivity index (χ1v) is 36.3. The molecule has 0 amide bonds. The number of aliphatic hydroxyl groups excluding tert-OH is 1. The van der Waals surface area contributed by atoms with Gasteiger partial charge in [-0.25, -0.2) is 0 Å². The summed E-state index contributed by atoms with van der Waals surface area (Å²) < 4.78 is 101. The maximum Gasteiger partial charge on any atom is 0.187 e. The van der Waals surface area contributed by atoms with Crippen LogP contribution in [0.4, 0.5) is 0 Å². The number of benzene rings is 10. The fourth-order valence-electron chi connectivity index (χ4n) is 13.0. The van der Waals surface area contributed by atoms with Crippen molar-refractivity contribution in [3.05, 3.63) is 353 Å². The van der Waals surface area contributed by atoms with E-state index in [0.717, 1.165) is 55.0 Å². The molecule has 15 nitrogen and oxygen atoms in total. The first kappa shape index (κ1) is 73.3. The van der Waals surface area contributed by atoms with E-state index in [0.29, 0.717) is 6.61 Å². The summed E-state index contributed by atoms with van der Waals surface area (Å²) >= 11 is 1.49. The van der Waals surface area contributed by atoms with Crippen LogP contribution in [0, 0.1) is 0 Å². The highest BCUT2D eigenvalue weighted by atomic mass is 32.2. The normalized spacial score (nSPS) is 24.9. The fourth-order valence-corrected chi connectivity index (χ4v) is 14.1. The number of aliphatic hydroxyl groups is 1. The first-order valence-electron chi connectivity index (χ1n) is 35.4. The number of hydrogen-bond acceptors (Lipinski definition) is 16. The lowest BCUT2D eigenvalue weighted by Crippen LogP contribution is -2.68. The van der Waals surface area contributed by atoms with E-state index in [4.69, 9.17) is 66.3 Å². The van der Waals surface area contributed by atoms with Crippen LogP contribution in [0.25, 0.3) is 0 Å². The smallest absolute Gasteiger partial charge is 0.187 e. The Morgan fingerprint density at radius 2 is 0.485 bits per heavy atom. The Bertz CT molecular complexity index is 3950. The van der Waals surface area contributed by atoms with Crippen molar-refractivity contribution in [1.29, 1.82) is 0 Å². The van der Waals surface area contributed by atoms with E-state index in [1.807, 2.05) is 303 Å². The predicted octanol–water partition coefficient (Wildman–Crippen LogP) is 15.2. The van der Waals surface area contributed by atoms with Gasteiger partial charge in [0.15, 0.2) is 12.6 Å². The highest BCUT2D eigenvalue weighted by Crippen LogP contribution is 2.42. The van der Waals surface area contributed by atoms with Crippen molar-refractivity contribution in [2.75, 3.05) is 19.8 Å². The molecule has 1 N–H and O–H groups in total. The average molecular weight is 1410 g/mol. The molecule has 13 rings (SSSR count). The zero-order valence-electron chi connectivity index (χ0n) is 57.6. The van der Waals surface area contributed by atoms with Crippen molar-refractivity contribution in [3.8, 4) is 0 Å². The van der Waals surface area contributed by atoms with Gasteiger partial charge in [0.1, 0.15) is 78.7 Å². The predicted molar refractivity (Wildman–Crippen MR) is 392 cm³/mol. The summed E-state index contributed by atoms with van der Waals surface area (Å²) in [5.41, 5.74) is 7.58. The van der Waals surface area contributed by atoms with Crippen molar-refractivity contribution in [2.24, 2.45) is 0 Å². The van der Waals surface area contributed by atoms with Gasteiger partial charge in [-0.05, 0) is 62.2 Å². The Kier molecular flexibility index (Phi) is 27.9. The van der Waals surface area contributed by atoms with Gasteiger partial charge >= 0.3 is 0 Å². The van der Waals surface area contributed by atoms with Crippen LogP contribution >= 0.6 is 11.8 Å². The van der Waals surface area contributed by atoms with Crippen molar-refractivity contribution >= 4 is 11.8 Å². The van der Waals surface area contributed by atoms with Crippen molar-refractivity contribution in [1.82, 2.24) is 0 Å². The van der Waals surface area contributed by atoms with Crippen molar-refractivity contribution < 1.29 is 71.4 Å². The summed E-state index contributed by atoms with van der Waals surface area (Å²) in [6, 6.07) is 99.8. The van der Waals surface area contributed by atoms with Gasteiger partial charge in [-0.2, -0.15) is 0 Å². The van der Waals surface area contributed by atoms with E-state index in [2.05, 4.69) is 0 Å². The third-order valence-electron chi connectivity index (χ3n) is 18.3. The standard InChI is InChI=1S/C87H90O15S/c88-76-80(95-57-69-43-23-7-24-44-69)77(92-54-66-37-17-4-18-38-66)73(60-89-51-63-31-11-1-12-32-63)98-85(76)101-83-81(96-58-70-45-25-8-26-46-70)78(93-55-67-39-19-5-20-40-67)74(61-90-52-64-33-13-2-14-34-64)99-86(83)102-84-82(97-59-71-47-27-9-28-48-71)79(94-56-68-41-21-6-22-42-68)75(62-91-53-65-35-15-3-16-36-65)100-87(84)103-72-49-29-10-30-50-72/h1-50,73-88H,51-62H2/t73-,74-,75-,76-,77-,78-,79-,80-,81+,82+,83+,84+,85+,86+,87-/m1/s1. The molecule has 0 aromatic heterocycles. The Hall–Kier alpha value is -8.05. The topological polar surface area (TPSA) is 149 Å². The Labute approximate surface area is 608 Å². The van der Waals surface area contributed by atoms with Gasteiger partial charge in [0.25, 0.3) is 0 Å². The van der Waals surface area contributed by atoms with E-state index in [9.17, 15) is 5.11 Å². The van der Waals surface area contributed by atoms with Gasteiger partial charge in [-0.3, -0.25) is 0 Å². The van der Waals surface area contributed by atoms with Crippen LogP contribution in [0.5, 0.6) is 0 Å². The largest absolute Gasteiger partial charge is 0.385 e. The van der Waals surface area contributed by atoms with Gasteiger partial charge in [0, 0.05) is 4.90 Å². The third kappa shape index (κ3) is 21.6. The number of rotatable bonds is 36. The minimum Gasteiger partial charge on any atom is -0.385 e. The molecule has 3 fully saturated rings. The third-order valence-corrected chi connectivity index (χ3v) is 19.4. The first-order chi connectivity index (χ1) is 51.0. The fraction of sp³-hybridized carbons (Fsp3) is 0.310. The summed E-state index contributed by atoms with van der Waals surface area (Å²) in [6.45, 7) is 1.96. The summed E-state index contributed by atoms with van der Waals surface area (Å²) in [6.07, 6.45) is -14.9. The van der Waals surface area contributed by atoms with Gasteiger partial charge in [0.05, 0.1) is 79.3 Å². The molecule has 10 aromatic carbocycles. The van der Waals surface area contributed by atoms with Crippen LogP contribution in [-0.2, 0) is 126 Å². The monoisotopic (exact) mass is 1410 g/mol. The lowest BCUT2D eigenvalue weighted by molar-refractivity contribution is -0.391. The molecule has 0 aliphatic carbocycles. The molecule has 0 unspecified atom stereocenters. The Balaban J connectivity index is 0.938. The summed E-state index contributed by atoms with van der Waals surface area (Å²) in [4.78, 5) is 0.906. The quantitative estimate of drug-likeness (QED) is 0.0396. The van der Waals surface area contributed by atoms with Crippen LogP contribution in [0.1, 0.15) is 50.1 Å². The van der Waals surface area contributed by atoms with E-state index in [1.54, 1.807) is 0 Å². The van der Waals surface area contributed by atoms with Crippen LogP contribution in [-0.4, -0.2) is 116 Å². The highest BCUT2D eigenvalue weighted by molar-refractivity contribution is 7.99. The maximum absolute atomic E-state index is 13.5. The minimum atomic E-state index is -1.52. The van der Waals surface area contributed by atoms with Crippen LogP contribution < -0.4 is 0 Å². The van der Waals surface area contributed by atoms with E-state index in [1.165, 1.54) is 11.8 Å². The second kappa shape index (κ2) is 39.2. The second-order valence-corrected chi connectivity index (χ2v) is 27.0. The lowest BCUT2D eigenvalue weighted by Gasteiger charge is -2.51. The molecule has 10 aromatic rings. The molecule has 0 spiro atoms. The summed E-state index contributed by atoms with van der Waals surface area (Å²) in [5, 5.41) is 13.5.